The molecule has 1 N–H and O–H groups in total. The number of aryl methyl sites for hydroxylation is 1. The second-order valence-corrected chi connectivity index (χ2v) is 7.68. The number of amides is 1. The number of carbonyl (C=O) groups is 2. The fourth-order valence-electron chi connectivity index (χ4n) is 2.95. The molecule has 0 saturated heterocycles. The van der Waals surface area contributed by atoms with E-state index in [1.807, 2.05) is 49.4 Å². The highest BCUT2D eigenvalue weighted by molar-refractivity contribution is 7.09. The number of hydrogen-bond donors (Lipinski definition) is 1. The first kappa shape index (κ1) is 19.8. The molecule has 2 heterocycles. The zero-order valence-corrected chi connectivity index (χ0v) is 17.1. The smallest absolute Gasteiger partial charge is 0.312 e. The van der Waals surface area contributed by atoms with Crippen LogP contribution < -0.4 is 5.32 Å². The number of rotatable bonds is 7. The van der Waals surface area contributed by atoms with E-state index in [1.54, 1.807) is 11.4 Å². The van der Waals surface area contributed by atoms with E-state index in [2.05, 4.69) is 15.5 Å². The van der Waals surface area contributed by atoms with Crippen LogP contribution in [0, 0.1) is 6.92 Å². The van der Waals surface area contributed by atoms with Gasteiger partial charge in [0.1, 0.15) is 17.3 Å². The summed E-state index contributed by atoms with van der Waals surface area (Å²) in [7, 11) is 0. The fraction of sp³-hybridized carbons (Fsp3) is 0.182. The van der Waals surface area contributed by atoms with Gasteiger partial charge in [-0.2, -0.15) is 0 Å². The Balaban J connectivity index is 1.28. The Morgan fingerprint density at radius 1 is 1.10 bits per heavy atom. The van der Waals surface area contributed by atoms with E-state index in [0.717, 1.165) is 16.6 Å². The number of para-hydroxylation sites is 2. The van der Waals surface area contributed by atoms with E-state index < -0.39 is 5.97 Å². The summed E-state index contributed by atoms with van der Waals surface area (Å²) in [6.07, 6.45) is 0.185. The van der Waals surface area contributed by atoms with Crippen molar-refractivity contribution in [3.63, 3.8) is 0 Å². The van der Waals surface area contributed by atoms with Gasteiger partial charge in [0.05, 0.1) is 18.5 Å². The van der Waals surface area contributed by atoms with Crippen LogP contribution in [-0.4, -0.2) is 22.0 Å². The van der Waals surface area contributed by atoms with Crippen LogP contribution in [0.2, 0.25) is 0 Å². The first-order chi connectivity index (χ1) is 14.6. The maximum absolute atomic E-state index is 12.2. The molecular formula is C22H19N3O4S. The zero-order valence-electron chi connectivity index (χ0n) is 16.3. The summed E-state index contributed by atoms with van der Waals surface area (Å²) in [6.45, 7) is 1.98. The minimum absolute atomic E-state index is 0.0207. The predicted octanol–water partition coefficient (Wildman–Crippen LogP) is 4.06. The third-order valence-electron chi connectivity index (χ3n) is 4.48. The molecule has 0 aliphatic carbocycles. The summed E-state index contributed by atoms with van der Waals surface area (Å²) < 4.78 is 10.5. The Labute approximate surface area is 176 Å². The van der Waals surface area contributed by atoms with Crippen LogP contribution in [0.3, 0.4) is 0 Å². The molecule has 4 aromatic rings. The number of nitrogens with zero attached hydrogens (tertiary/aromatic N) is 2. The Morgan fingerprint density at radius 2 is 1.90 bits per heavy atom. The second kappa shape index (κ2) is 8.87. The number of anilines is 1. The lowest BCUT2D eigenvalue weighted by Crippen LogP contribution is -2.15. The predicted molar refractivity (Wildman–Crippen MR) is 113 cm³/mol. The lowest BCUT2D eigenvalue weighted by molar-refractivity contribution is -0.144. The average molecular weight is 421 g/mol. The van der Waals surface area contributed by atoms with Crippen molar-refractivity contribution in [1.82, 2.24) is 10.1 Å². The van der Waals surface area contributed by atoms with Crippen molar-refractivity contribution in [3.8, 4) is 0 Å². The number of aromatic nitrogens is 2. The van der Waals surface area contributed by atoms with Crippen molar-refractivity contribution in [2.75, 3.05) is 5.32 Å². The average Bonchev–Trinajstić information content (AvgIpc) is 3.35. The van der Waals surface area contributed by atoms with Gasteiger partial charge in [-0.1, -0.05) is 35.5 Å². The Bertz CT molecular complexity index is 1200. The lowest BCUT2D eigenvalue weighted by atomic mass is 10.2. The fourth-order valence-corrected chi connectivity index (χ4v) is 3.73. The van der Waals surface area contributed by atoms with E-state index in [1.165, 1.54) is 11.3 Å². The second-order valence-electron chi connectivity index (χ2n) is 6.74. The monoisotopic (exact) mass is 421 g/mol. The standard InChI is InChI=1S/C22H19N3O4S/c1-14-6-2-4-8-17(14)24-20(26)11-21-23-15(13-30-21)12-28-22(27)10-18-16-7-3-5-9-19(16)29-25-18/h2-9,13H,10-12H2,1H3,(H,24,26). The maximum Gasteiger partial charge on any atom is 0.312 e. The molecule has 0 saturated carbocycles. The molecule has 2 aromatic heterocycles. The van der Waals surface area contributed by atoms with Crippen LogP contribution >= 0.6 is 11.3 Å². The summed E-state index contributed by atoms with van der Waals surface area (Å²) in [5.74, 6) is -0.555. The van der Waals surface area contributed by atoms with Crippen molar-refractivity contribution >= 4 is 39.9 Å². The number of hydrogen-bond acceptors (Lipinski definition) is 7. The van der Waals surface area contributed by atoms with Crippen molar-refractivity contribution in [2.45, 2.75) is 26.4 Å². The normalized spacial score (nSPS) is 10.8. The minimum atomic E-state index is -0.416. The largest absolute Gasteiger partial charge is 0.459 e. The Morgan fingerprint density at radius 3 is 2.77 bits per heavy atom. The third kappa shape index (κ3) is 4.72. The van der Waals surface area contributed by atoms with Gasteiger partial charge in [0.25, 0.3) is 0 Å². The van der Waals surface area contributed by atoms with Gasteiger partial charge < -0.3 is 14.6 Å². The number of benzene rings is 2. The molecule has 0 spiro atoms. The first-order valence-electron chi connectivity index (χ1n) is 9.36. The SMILES string of the molecule is Cc1ccccc1NC(=O)Cc1nc(COC(=O)Cc2noc3ccccc23)cs1. The molecule has 0 aliphatic heterocycles. The van der Waals surface area contributed by atoms with Crippen LogP contribution in [0.15, 0.2) is 58.4 Å². The van der Waals surface area contributed by atoms with Gasteiger partial charge in [-0.15, -0.1) is 11.3 Å². The van der Waals surface area contributed by atoms with Crippen molar-refractivity contribution in [1.29, 1.82) is 0 Å². The van der Waals surface area contributed by atoms with Crippen LogP contribution in [0.1, 0.15) is 22.0 Å². The Kier molecular flexibility index (Phi) is 5.85. The molecular weight excluding hydrogens is 402 g/mol. The topological polar surface area (TPSA) is 94.3 Å². The van der Waals surface area contributed by atoms with Crippen molar-refractivity contribution in [2.24, 2.45) is 0 Å². The number of carbonyl (C=O) groups excluding carboxylic acids is 2. The lowest BCUT2D eigenvalue weighted by Gasteiger charge is -2.06. The van der Waals surface area contributed by atoms with Crippen LogP contribution in [0.25, 0.3) is 11.0 Å². The number of esters is 1. The number of nitrogens with one attached hydrogen (secondary N) is 1. The molecule has 4 rings (SSSR count). The summed E-state index contributed by atoms with van der Waals surface area (Å²) in [5.41, 5.74) is 3.57. The van der Waals surface area contributed by atoms with E-state index in [4.69, 9.17) is 9.26 Å². The first-order valence-corrected chi connectivity index (χ1v) is 10.2. The molecule has 7 nitrogen and oxygen atoms in total. The molecule has 0 atom stereocenters. The maximum atomic E-state index is 12.2. The third-order valence-corrected chi connectivity index (χ3v) is 5.37. The molecule has 0 fully saturated rings. The van der Waals surface area contributed by atoms with E-state index >= 15 is 0 Å². The molecule has 0 radical (unpaired) electrons. The molecule has 152 valence electrons. The molecule has 8 heteroatoms. The zero-order chi connectivity index (χ0) is 20.9. The number of fused-ring (bicyclic) bond motifs is 1. The summed E-state index contributed by atoms with van der Waals surface area (Å²) in [6, 6.07) is 14.9. The number of thiazole rings is 1. The van der Waals surface area contributed by atoms with Gasteiger partial charge in [0.2, 0.25) is 5.91 Å². The summed E-state index contributed by atoms with van der Waals surface area (Å²) in [5, 5.41) is 10.1. The van der Waals surface area contributed by atoms with Gasteiger partial charge in [-0.3, -0.25) is 9.59 Å². The highest BCUT2D eigenvalue weighted by Crippen LogP contribution is 2.19. The molecule has 30 heavy (non-hydrogen) atoms. The van der Waals surface area contributed by atoms with Gasteiger partial charge in [0.15, 0.2) is 5.58 Å². The highest BCUT2D eigenvalue weighted by Gasteiger charge is 2.14. The molecule has 0 bridgehead atoms. The van der Waals surface area contributed by atoms with E-state index in [-0.39, 0.29) is 25.4 Å². The van der Waals surface area contributed by atoms with Gasteiger partial charge in [-0.05, 0) is 30.7 Å². The van der Waals surface area contributed by atoms with E-state index in [0.29, 0.717) is 22.0 Å². The van der Waals surface area contributed by atoms with Gasteiger partial charge in [-0.25, -0.2) is 4.98 Å². The molecule has 0 aliphatic rings. The quantitative estimate of drug-likeness (QED) is 0.452. The van der Waals surface area contributed by atoms with Crippen LogP contribution in [0.5, 0.6) is 0 Å². The van der Waals surface area contributed by atoms with E-state index in [9.17, 15) is 9.59 Å². The van der Waals surface area contributed by atoms with Crippen molar-refractivity contribution in [3.05, 3.63) is 75.9 Å². The summed E-state index contributed by atoms with van der Waals surface area (Å²) in [4.78, 5) is 28.8. The molecule has 0 unspecified atom stereocenters. The molecule has 2 aromatic carbocycles. The molecule has 1 amide bonds. The van der Waals surface area contributed by atoms with Crippen LogP contribution in [0.4, 0.5) is 5.69 Å². The van der Waals surface area contributed by atoms with Crippen LogP contribution in [-0.2, 0) is 33.8 Å². The minimum Gasteiger partial charge on any atom is -0.459 e. The van der Waals surface area contributed by atoms with Gasteiger partial charge >= 0.3 is 5.97 Å². The number of ether oxygens (including phenoxy) is 1. The van der Waals surface area contributed by atoms with Gasteiger partial charge in [0, 0.05) is 16.5 Å². The van der Waals surface area contributed by atoms with Crippen molar-refractivity contribution < 1.29 is 18.8 Å². The Hall–Kier alpha value is -3.52. The highest BCUT2D eigenvalue weighted by atomic mass is 32.1. The summed E-state index contributed by atoms with van der Waals surface area (Å²) >= 11 is 1.36.